The summed E-state index contributed by atoms with van der Waals surface area (Å²) in [5, 5.41) is 3.53. The Labute approximate surface area is 105 Å². The minimum atomic E-state index is 0.484. The van der Waals surface area contributed by atoms with Crippen molar-refractivity contribution in [2.75, 3.05) is 6.54 Å². The fourth-order valence-corrected chi connectivity index (χ4v) is 1.82. The molecule has 92 valence electrons. The molecule has 1 atom stereocenters. The molecule has 0 spiro atoms. The minimum absolute atomic E-state index is 0.484. The summed E-state index contributed by atoms with van der Waals surface area (Å²) in [7, 11) is 0. The van der Waals surface area contributed by atoms with Gasteiger partial charge in [0.2, 0.25) is 0 Å². The molecular weight excluding hydrogens is 206 g/mol. The average molecular weight is 229 g/mol. The summed E-state index contributed by atoms with van der Waals surface area (Å²) in [5.74, 6) is 0. The quantitative estimate of drug-likeness (QED) is 0.702. The molecule has 0 amide bonds. The smallest absolute Gasteiger partial charge is 0.0204 e. The number of rotatable bonds is 7. The number of hydrogen-bond donors (Lipinski definition) is 1. The van der Waals surface area contributed by atoms with E-state index in [-0.39, 0.29) is 0 Å². The van der Waals surface area contributed by atoms with Gasteiger partial charge < -0.3 is 5.32 Å². The molecule has 0 aliphatic carbocycles. The van der Waals surface area contributed by atoms with Gasteiger partial charge in [-0.05, 0) is 30.9 Å². The first-order valence-corrected chi connectivity index (χ1v) is 6.35. The average Bonchev–Trinajstić information content (AvgIpc) is 2.35. The molecule has 1 heteroatoms. The molecule has 0 radical (unpaired) electrons. The Bertz CT molecular complexity index is 351. The number of benzene rings is 1. The summed E-state index contributed by atoms with van der Waals surface area (Å²) < 4.78 is 0. The summed E-state index contributed by atoms with van der Waals surface area (Å²) in [6.07, 6.45) is 6.29. The Hall–Kier alpha value is -1.34. The second-order valence-electron chi connectivity index (χ2n) is 4.36. The van der Waals surface area contributed by atoms with Gasteiger partial charge in [0.05, 0.1) is 0 Å². The van der Waals surface area contributed by atoms with E-state index in [1.165, 1.54) is 11.1 Å². The highest BCUT2D eigenvalue weighted by molar-refractivity contribution is 5.18. The van der Waals surface area contributed by atoms with Crippen LogP contribution in [0.1, 0.15) is 25.8 Å². The lowest BCUT2D eigenvalue weighted by Crippen LogP contribution is -2.29. The first kappa shape index (κ1) is 13.7. The largest absolute Gasteiger partial charge is 0.310 e. The monoisotopic (exact) mass is 229 g/mol. The molecule has 17 heavy (non-hydrogen) atoms. The number of nitrogens with one attached hydrogen (secondary N) is 1. The normalized spacial score (nSPS) is 13.4. The third-order valence-corrected chi connectivity index (χ3v) is 2.77. The van der Waals surface area contributed by atoms with Crippen LogP contribution >= 0.6 is 0 Å². The van der Waals surface area contributed by atoms with Gasteiger partial charge in [-0.15, -0.1) is 0 Å². The van der Waals surface area contributed by atoms with Crippen LogP contribution in [0.25, 0.3) is 0 Å². The van der Waals surface area contributed by atoms with E-state index in [1.54, 1.807) is 0 Å². The zero-order chi connectivity index (χ0) is 12.5. The van der Waals surface area contributed by atoms with Gasteiger partial charge in [0.25, 0.3) is 0 Å². The van der Waals surface area contributed by atoms with E-state index in [1.807, 2.05) is 6.08 Å². The van der Waals surface area contributed by atoms with E-state index in [2.05, 4.69) is 62.2 Å². The van der Waals surface area contributed by atoms with Crippen LogP contribution in [-0.4, -0.2) is 12.6 Å². The first-order chi connectivity index (χ1) is 8.26. The van der Waals surface area contributed by atoms with Gasteiger partial charge in [0.1, 0.15) is 0 Å². The predicted octanol–water partition coefficient (Wildman–Crippen LogP) is 3.73. The summed E-state index contributed by atoms with van der Waals surface area (Å²) >= 11 is 0. The van der Waals surface area contributed by atoms with Gasteiger partial charge in [0.15, 0.2) is 0 Å². The van der Waals surface area contributed by atoms with Gasteiger partial charge >= 0.3 is 0 Å². The van der Waals surface area contributed by atoms with Crippen molar-refractivity contribution >= 4 is 0 Å². The second-order valence-corrected chi connectivity index (χ2v) is 4.36. The summed E-state index contributed by atoms with van der Waals surface area (Å²) in [4.78, 5) is 0. The Kier molecular flexibility index (Phi) is 6.34. The molecule has 1 rings (SSSR count). The maximum atomic E-state index is 3.83. The lowest BCUT2D eigenvalue weighted by Gasteiger charge is -2.14. The third kappa shape index (κ3) is 5.50. The van der Waals surface area contributed by atoms with Crippen LogP contribution in [0, 0.1) is 0 Å². The maximum absolute atomic E-state index is 3.83. The van der Waals surface area contributed by atoms with Crippen LogP contribution in [0.4, 0.5) is 0 Å². The zero-order valence-electron chi connectivity index (χ0n) is 10.9. The number of hydrogen-bond acceptors (Lipinski definition) is 1. The molecule has 1 N–H and O–H groups in total. The molecule has 0 fully saturated rings. The lowest BCUT2D eigenvalue weighted by atomic mass is 10.1. The van der Waals surface area contributed by atoms with Crippen molar-refractivity contribution in [1.29, 1.82) is 0 Å². The molecule has 0 aliphatic rings. The van der Waals surface area contributed by atoms with E-state index in [0.717, 1.165) is 19.4 Å². The molecule has 1 aromatic carbocycles. The molecule has 0 aromatic heterocycles. The van der Waals surface area contributed by atoms with Crippen LogP contribution < -0.4 is 5.32 Å². The third-order valence-electron chi connectivity index (χ3n) is 2.77. The van der Waals surface area contributed by atoms with Gasteiger partial charge in [-0.25, -0.2) is 0 Å². The summed E-state index contributed by atoms with van der Waals surface area (Å²) in [6.45, 7) is 9.11. The highest BCUT2D eigenvalue weighted by atomic mass is 14.9. The Balaban J connectivity index is 2.37. The van der Waals surface area contributed by atoms with Gasteiger partial charge in [0, 0.05) is 12.6 Å². The van der Waals surface area contributed by atoms with Crippen molar-refractivity contribution in [3.8, 4) is 0 Å². The van der Waals surface area contributed by atoms with E-state index in [9.17, 15) is 0 Å². The fourth-order valence-electron chi connectivity index (χ4n) is 1.82. The fraction of sp³-hybridized carbons (Fsp3) is 0.375. The molecule has 0 saturated carbocycles. The van der Waals surface area contributed by atoms with Crippen molar-refractivity contribution in [3.05, 3.63) is 60.2 Å². The van der Waals surface area contributed by atoms with E-state index < -0.39 is 0 Å². The van der Waals surface area contributed by atoms with Crippen LogP contribution in [0.5, 0.6) is 0 Å². The minimum Gasteiger partial charge on any atom is -0.310 e. The van der Waals surface area contributed by atoms with Crippen molar-refractivity contribution in [2.24, 2.45) is 0 Å². The van der Waals surface area contributed by atoms with Crippen molar-refractivity contribution in [2.45, 2.75) is 32.7 Å². The van der Waals surface area contributed by atoms with Crippen molar-refractivity contribution < 1.29 is 0 Å². The van der Waals surface area contributed by atoms with Crippen LogP contribution in [0.15, 0.2) is 54.6 Å². The van der Waals surface area contributed by atoms with Gasteiger partial charge in [-0.3, -0.25) is 0 Å². The zero-order valence-corrected chi connectivity index (χ0v) is 10.9. The molecule has 0 saturated heterocycles. The predicted molar refractivity (Wildman–Crippen MR) is 76.2 cm³/mol. The lowest BCUT2D eigenvalue weighted by molar-refractivity contribution is 0.575. The summed E-state index contributed by atoms with van der Waals surface area (Å²) in [6, 6.07) is 11.1. The molecular formula is C16H23N. The summed E-state index contributed by atoms with van der Waals surface area (Å²) in [5.41, 5.74) is 2.67. The maximum Gasteiger partial charge on any atom is 0.0204 e. The van der Waals surface area contributed by atoms with Gasteiger partial charge in [-0.1, -0.05) is 56.0 Å². The standard InChI is InChI=1S/C16H23N/c1-4-9-15(5-2)13-17-14(3)12-16-10-7-6-8-11-16/h5-11,14,17H,2,4,12-13H2,1,3H3/b15-9-. The Morgan fingerprint density at radius 1 is 1.35 bits per heavy atom. The van der Waals surface area contributed by atoms with Crippen LogP contribution in [0.3, 0.4) is 0 Å². The second kappa shape index (κ2) is 7.86. The Morgan fingerprint density at radius 2 is 2.06 bits per heavy atom. The van der Waals surface area contributed by atoms with Crippen molar-refractivity contribution in [1.82, 2.24) is 5.32 Å². The highest BCUT2D eigenvalue weighted by Gasteiger charge is 2.02. The van der Waals surface area contributed by atoms with E-state index in [4.69, 9.17) is 0 Å². The van der Waals surface area contributed by atoms with E-state index >= 15 is 0 Å². The molecule has 0 aliphatic heterocycles. The number of allylic oxidation sites excluding steroid dienone is 1. The molecule has 1 aromatic rings. The van der Waals surface area contributed by atoms with Crippen molar-refractivity contribution in [3.63, 3.8) is 0 Å². The van der Waals surface area contributed by atoms with Crippen LogP contribution in [-0.2, 0) is 6.42 Å². The van der Waals surface area contributed by atoms with Crippen LogP contribution in [0.2, 0.25) is 0 Å². The Morgan fingerprint density at radius 3 is 2.65 bits per heavy atom. The topological polar surface area (TPSA) is 12.0 Å². The first-order valence-electron chi connectivity index (χ1n) is 6.35. The van der Waals surface area contributed by atoms with E-state index in [0.29, 0.717) is 6.04 Å². The van der Waals surface area contributed by atoms with Gasteiger partial charge in [-0.2, -0.15) is 0 Å². The molecule has 0 heterocycles. The molecule has 1 unspecified atom stereocenters. The molecule has 0 bridgehead atoms. The highest BCUT2D eigenvalue weighted by Crippen LogP contribution is 2.03. The molecule has 1 nitrogen and oxygen atoms in total. The SMILES string of the molecule is C=C/C(=C/CC)CNC(C)Cc1ccccc1.